The number of ether oxygens (including phenoxy) is 1. The molecule has 1 atom stereocenters. The van der Waals surface area contributed by atoms with Crippen LogP contribution < -0.4 is 20.7 Å². The minimum Gasteiger partial charge on any atom is -0.457 e. The molecule has 0 unspecified atom stereocenters. The third kappa shape index (κ3) is 5.16. The van der Waals surface area contributed by atoms with Crippen LogP contribution in [-0.4, -0.2) is 43.1 Å². The number of amides is 1. The first kappa shape index (κ1) is 23.6. The standard InChI is InChI=1S/C28H26N8O2/c1-18-13-20(5-8-25(18)38-22-10-12-36-26(15-22)31-17-33-36)35-28-23-14-21(4-7-24(23)30-16-32-28)34-27(37)9-6-19-3-2-11-29-19/h4-10,12-17,19,29H,2-3,11H2,1H3,(H,34,37)(H,30,32,35)/b9-6+/t19-/m1/s1. The van der Waals surface area contributed by atoms with Crippen molar-refractivity contribution >= 4 is 39.6 Å². The second-order valence-corrected chi connectivity index (χ2v) is 9.14. The van der Waals surface area contributed by atoms with Crippen LogP contribution in [0.3, 0.4) is 0 Å². The van der Waals surface area contributed by atoms with Gasteiger partial charge in [-0.25, -0.2) is 19.5 Å². The van der Waals surface area contributed by atoms with Gasteiger partial charge in [-0.05, 0) is 74.3 Å². The number of anilines is 3. The summed E-state index contributed by atoms with van der Waals surface area (Å²) in [6.45, 7) is 2.98. The topological polar surface area (TPSA) is 118 Å². The fourth-order valence-corrected chi connectivity index (χ4v) is 4.46. The van der Waals surface area contributed by atoms with E-state index in [4.69, 9.17) is 4.74 Å². The van der Waals surface area contributed by atoms with Crippen LogP contribution in [-0.2, 0) is 4.79 Å². The molecule has 4 heterocycles. The van der Waals surface area contributed by atoms with Crippen LogP contribution in [0.5, 0.6) is 11.5 Å². The molecule has 0 bridgehead atoms. The van der Waals surface area contributed by atoms with Gasteiger partial charge in [0.1, 0.15) is 30.0 Å². The van der Waals surface area contributed by atoms with Crippen LogP contribution in [0, 0.1) is 6.92 Å². The normalized spacial score (nSPS) is 15.3. The van der Waals surface area contributed by atoms with Gasteiger partial charge in [-0.1, -0.05) is 6.08 Å². The molecule has 190 valence electrons. The Bertz CT molecular complexity index is 1660. The lowest BCUT2D eigenvalue weighted by atomic mass is 10.1. The van der Waals surface area contributed by atoms with Gasteiger partial charge in [-0.2, -0.15) is 5.10 Å². The van der Waals surface area contributed by atoms with Crippen molar-refractivity contribution in [2.75, 3.05) is 17.2 Å². The summed E-state index contributed by atoms with van der Waals surface area (Å²) in [5.74, 6) is 1.89. The van der Waals surface area contributed by atoms with Gasteiger partial charge in [-0.3, -0.25) is 4.79 Å². The smallest absolute Gasteiger partial charge is 0.248 e. The van der Waals surface area contributed by atoms with Crippen molar-refractivity contribution in [2.45, 2.75) is 25.8 Å². The van der Waals surface area contributed by atoms with Crippen molar-refractivity contribution in [2.24, 2.45) is 0 Å². The van der Waals surface area contributed by atoms with Crippen molar-refractivity contribution < 1.29 is 9.53 Å². The monoisotopic (exact) mass is 506 g/mol. The molecular weight excluding hydrogens is 480 g/mol. The predicted octanol–water partition coefficient (Wildman–Crippen LogP) is 4.76. The Kier molecular flexibility index (Phi) is 6.37. The lowest BCUT2D eigenvalue weighted by Gasteiger charge is -2.13. The first-order valence-corrected chi connectivity index (χ1v) is 12.4. The Morgan fingerprint density at radius 3 is 2.87 bits per heavy atom. The third-order valence-electron chi connectivity index (χ3n) is 6.40. The Balaban J connectivity index is 1.18. The number of rotatable bonds is 7. The van der Waals surface area contributed by atoms with E-state index in [9.17, 15) is 4.79 Å². The summed E-state index contributed by atoms with van der Waals surface area (Å²) in [5, 5.41) is 14.6. The molecule has 0 aliphatic carbocycles. The maximum atomic E-state index is 12.4. The summed E-state index contributed by atoms with van der Waals surface area (Å²) in [6, 6.07) is 15.4. The molecule has 0 radical (unpaired) electrons. The van der Waals surface area contributed by atoms with Crippen molar-refractivity contribution in [1.29, 1.82) is 0 Å². The van der Waals surface area contributed by atoms with Crippen LogP contribution in [0.15, 0.2) is 79.5 Å². The molecule has 3 N–H and O–H groups in total. The number of carbonyl (C=O) groups is 1. The van der Waals surface area contributed by atoms with Gasteiger partial charge < -0.3 is 20.7 Å². The number of pyridine rings is 1. The van der Waals surface area contributed by atoms with Crippen LogP contribution in [0.2, 0.25) is 0 Å². The minimum absolute atomic E-state index is 0.168. The molecule has 3 aromatic heterocycles. The van der Waals surface area contributed by atoms with E-state index in [1.54, 1.807) is 10.6 Å². The highest BCUT2D eigenvalue weighted by atomic mass is 16.5. The van der Waals surface area contributed by atoms with E-state index in [1.807, 2.05) is 67.7 Å². The van der Waals surface area contributed by atoms with Gasteiger partial charge in [0.25, 0.3) is 0 Å². The number of carbonyl (C=O) groups excluding carboxylic acids is 1. The molecular formula is C28H26N8O2. The molecule has 6 rings (SSSR count). The summed E-state index contributed by atoms with van der Waals surface area (Å²) >= 11 is 0. The van der Waals surface area contributed by atoms with E-state index in [-0.39, 0.29) is 11.9 Å². The Morgan fingerprint density at radius 2 is 2.00 bits per heavy atom. The molecule has 38 heavy (non-hydrogen) atoms. The summed E-state index contributed by atoms with van der Waals surface area (Å²) in [4.78, 5) is 25.5. The zero-order valence-corrected chi connectivity index (χ0v) is 20.8. The molecule has 5 aromatic rings. The van der Waals surface area contributed by atoms with Gasteiger partial charge in [0.05, 0.1) is 5.52 Å². The van der Waals surface area contributed by atoms with E-state index in [1.165, 1.54) is 12.7 Å². The summed E-state index contributed by atoms with van der Waals surface area (Å²) in [6.07, 6.45) is 10.5. The number of fused-ring (bicyclic) bond motifs is 2. The van der Waals surface area contributed by atoms with E-state index < -0.39 is 0 Å². The molecule has 10 nitrogen and oxygen atoms in total. The quantitative estimate of drug-likeness (QED) is 0.270. The number of nitrogens with zero attached hydrogens (tertiary/aromatic N) is 5. The largest absolute Gasteiger partial charge is 0.457 e. The van der Waals surface area contributed by atoms with Crippen molar-refractivity contribution in [3.8, 4) is 11.5 Å². The van der Waals surface area contributed by atoms with Crippen LogP contribution in [0.1, 0.15) is 18.4 Å². The average molecular weight is 507 g/mol. The maximum Gasteiger partial charge on any atom is 0.248 e. The number of hydrogen-bond acceptors (Lipinski definition) is 8. The maximum absolute atomic E-state index is 12.4. The lowest BCUT2D eigenvalue weighted by molar-refractivity contribution is -0.111. The van der Waals surface area contributed by atoms with Crippen molar-refractivity contribution in [3.05, 3.63) is 85.1 Å². The molecule has 1 saturated heterocycles. The van der Waals surface area contributed by atoms with E-state index >= 15 is 0 Å². The molecule has 1 aliphatic heterocycles. The highest BCUT2D eigenvalue weighted by Crippen LogP contribution is 2.30. The first-order chi connectivity index (χ1) is 18.6. The summed E-state index contributed by atoms with van der Waals surface area (Å²) < 4.78 is 7.76. The fraction of sp³-hybridized carbons (Fsp3) is 0.179. The third-order valence-corrected chi connectivity index (χ3v) is 6.40. The zero-order valence-electron chi connectivity index (χ0n) is 20.8. The second kappa shape index (κ2) is 10.3. The number of benzene rings is 2. The van der Waals surface area contributed by atoms with Crippen LogP contribution in [0.25, 0.3) is 16.6 Å². The zero-order chi connectivity index (χ0) is 25.9. The Labute approximate surface area is 218 Å². The van der Waals surface area contributed by atoms with Crippen LogP contribution >= 0.6 is 0 Å². The Morgan fingerprint density at radius 1 is 1.08 bits per heavy atom. The molecule has 10 heteroatoms. The summed E-state index contributed by atoms with van der Waals surface area (Å²) in [5.41, 5.74) is 3.96. The number of nitrogens with one attached hydrogen (secondary N) is 3. The molecule has 1 aliphatic rings. The molecule has 1 fully saturated rings. The number of aryl methyl sites for hydroxylation is 1. The number of aromatic nitrogens is 5. The molecule has 1 amide bonds. The minimum atomic E-state index is -0.168. The molecule has 0 saturated carbocycles. The Hall–Kier alpha value is -4.83. The van der Waals surface area contributed by atoms with Gasteiger partial charge in [0.15, 0.2) is 5.65 Å². The van der Waals surface area contributed by atoms with Crippen LogP contribution in [0.4, 0.5) is 17.2 Å². The number of hydrogen-bond donors (Lipinski definition) is 3. The van der Waals surface area contributed by atoms with Crippen molar-refractivity contribution in [1.82, 2.24) is 29.9 Å². The molecule has 2 aromatic carbocycles. The van der Waals surface area contributed by atoms with Gasteiger partial charge in [0, 0.05) is 41.1 Å². The van der Waals surface area contributed by atoms with Gasteiger partial charge >= 0.3 is 0 Å². The van der Waals surface area contributed by atoms with E-state index in [2.05, 4.69) is 36.0 Å². The first-order valence-electron chi connectivity index (χ1n) is 12.4. The van der Waals surface area contributed by atoms with Gasteiger partial charge in [-0.15, -0.1) is 0 Å². The predicted molar refractivity (Wildman–Crippen MR) is 146 cm³/mol. The average Bonchev–Trinajstić information content (AvgIpc) is 3.61. The SMILES string of the molecule is Cc1cc(Nc2ncnc3ccc(NC(=O)/C=C/[C@H]4CCCN4)cc23)ccc1Oc1ccn2ncnc2c1. The van der Waals surface area contributed by atoms with Crippen molar-refractivity contribution in [3.63, 3.8) is 0 Å². The van der Waals surface area contributed by atoms with E-state index in [0.717, 1.165) is 47.3 Å². The highest BCUT2D eigenvalue weighted by molar-refractivity contribution is 6.02. The lowest BCUT2D eigenvalue weighted by Crippen LogP contribution is -2.19. The fourth-order valence-electron chi connectivity index (χ4n) is 4.46. The highest BCUT2D eigenvalue weighted by Gasteiger charge is 2.12. The summed E-state index contributed by atoms with van der Waals surface area (Å²) in [7, 11) is 0. The molecule has 0 spiro atoms. The van der Waals surface area contributed by atoms with Gasteiger partial charge in [0.2, 0.25) is 5.91 Å². The van der Waals surface area contributed by atoms with E-state index in [0.29, 0.717) is 22.9 Å². The second-order valence-electron chi connectivity index (χ2n) is 9.14.